The average Bonchev–Trinajstić information content (AvgIpc) is 2.46. The van der Waals surface area contributed by atoms with Crippen LogP contribution < -0.4 is 0 Å². The maximum atomic E-state index is 11.2. The Morgan fingerprint density at radius 2 is 2.36 bits per heavy atom. The van der Waals surface area contributed by atoms with E-state index >= 15 is 0 Å². The van der Waals surface area contributed by atoms with E-state index in [1.54, 1.807) is 12.3 Å². The minimum atomic E-state index is -2.85. The number of hydrogen-bond donors (Lipinski definition) is 1. The largest absolute Gasteiger partial charge is 0.335 e. The zero-order chi connectivity index (χ0) is 10.2. The molecule has 1 atom stereocenters. The van der Waals surface area contributed by atoms with Crippen LogP contribution in [0.25, 0.3) is 0 Å². The number of aromatic nitrogens is 2. The lowest BCUT2D eigenvalue weighted by Gasteiger charge is -2.05. The van der Waals surface area contributed by atoms with Gasteiger partial charge < -0.3 is 4.98 Å². The normalized spacial score (nSPS) is 25.0. The van der Waals surface area contributed by atoms with Crippen LogP contribution in [-0.4, -0.2) is 29.9 Å². The predicted octanol–water partition coefficient (Wildman–Crippen LogP) is 1.04. The lowest BCUT2D eigenvalue weighted by Crippen LogP contribution is -2.06. The molecule has 0 radical (unpaired) electrons. The summed E-state index contributed by atoms with van der Waals surface area (Å²) in [5.41, 5.74) is 0. The molecule has 0 bridgehead atoms. The lowest BCUT2D eigenvalue weighted by molar-refractivity contribution is 0.601. The van der Waals surface area contributed by atoms with Crippen molar-refractivity contribution in [2.75, 3.05) is 11.5 Å². The van der Waals surface area contributed by atoms with Gasteiger partial charge in [0.15, 0.2) is 9.84 Å². The number of nitrogens with one attached hydrogen (secondary N) is 1. The summed E-state index contributed by atoms with van der Waals surface area (Å²) in [4.78, 5) is 7.03. The Morgan fingerprint density at radius 1 is 1.57 bits per heavy atom. The van der Waals surface area contributed by atoms with Gasteiger partial charge in [0, 0.05) is 12.1 Å². The van der Waals surface area contributed by atoms with Gasteiger partial charge in [-0.25, -0.2) is 13.4 Å². The maximum Gasteiger partial charge on any atom is 0.151 e. The average molecular weight is 230 g/mol. The molecule has 1 unspecified atom stereocenters. The molecule has 1 aromatic heterocycles. The molecule has 4 nitrogen and oxygen atoms in total. The van der Waals surface area contributed by atoms with Crippen molar-refractivity contribution in [3.8, 4) is 0 Å². The van der Waals surface area contributed by atoms with E-state index in [4.69, 9.17) is 12.2 Å². The lowest BCUT2D eigenvalue weighted by atomic mass is 10.1. The first kappa shape index (κ1) is 9.79. The number of hydrogen-bond acceptors (Lipinski definition) is 4. The zero-order valence-electron chi connectivity index (χ0n) is 7.43. The van der Waals surface area contributed by atoms with E-state index in [0.717, 1.165) is 0 Å². The van der Waals surface area contributed by atoms with Crippen LogP contribution in [0.3, 0.4) is 0 Å². The highest BCUT2D eigenvalue weighted by molar-refractivity contribution is 7.91. The van der Waals surface area contributed by atoms with Gasteiger partial charge in [0.05, 0.1) is 11.5 Å². The first-order valence-corrected chi connectivity index (χ1v) is 6.55. The van der Waals surface area contributed by atoms with E-state index in [0.29, 0.717) is 16.9 Å². The topological polar surface area (TPSA) is 62.8 Å². The van der Waals surface area contributed by atoms with Gasteiger partial charge in [-0.3, -0.25) is 0 Å². The van der Waals surface area contributed by atoms with E-state index < -0.39 is 9.84 Å². The van der Waals surface area contributed by atoms with Crippen LogP contribution in [0.4, 0.5) is 0 Å². The molecular formula is C8H10N2O2S2. The maximum absolute atomic E-state index is 11.2. The SMILES string of the molecule is O=S1(=O)CCC(c2nccc(=S)[nH]2)C1. The van der Waals surface area contributed by atoms with Crippen LogP contribution in [-0.2, 0) is 9.84 Å². The van der Waals surface area contributed by atoms with Crippen LogP contribution >= 0.6 is 12.2 Å². The standard InChI is InChI=1S/C8H10N2O2S2/c11-14(12)4-2-6(5-14)8-9-3-1-7(13)10-8/h1,3,6H,2,4-5H2,(H,9,10,13). The molecule has 76 valence electrons. The molecule has 2 heterocycles. The molecule has 6 heteroatoms. The molecular weight excluding hydrogens is 220 g/mol. The first-order chi connectivity index (χ1) is 6.57. The van der Waals surface area contributed by atoms with Crippen molar-refractivity contribution >= 4 is 22.1 Å². The Hall–Kier alpha value is -0.750. The van der Waals surface area contributed by atoms with Crippen molar-refractivity contribution in [1.29, 1.82) is 0 Å². The summed E-state index contributed by atoms with van der Waals surface area (Å²) in [6.07, 6.45) is 2.25. The number of sulfone groups is 1. The van der Waals surface area contributed by atoms with Crippen molar-refractivity contribution < 1.29 is 8.42 Å². The van der Waals surface area contributed by atoms with Gasteiger partial charge in [-0.05, 0) is 12.5 Å². The third-order valence-electron chi connectivity index (χ3n) is 2.31. The quantitative estimate of drug-likeness (QED) is 0.732. The van der Waals surface area contributed by atoms with E-state index in [2.05, 4.69) is 9.97 Å². The molecule has 0 aromatic carbocycles. The highest BCUT2D eigenvalue weighted by Gasteiger charge is 2.30. The second kappa shape index (κ2) is 3.43. The molecule has 2 rings (SSSR count). The van der Waals surface area contributed by atoms with Gasteiger partial charge in [-0.1, -0.05) is 12.2 Å². The van der Waals surface area contributed by atoms with Crippen molar-refractivity contribution in [2.24, 2.45) is 0 Å². The number of aromatic amines is 1. The molecule has 14 heavy (non-hydrogen) atoms. The second-order valence-electron chi connectivity index (χ2n) is 3.42. The number of H-pyrrole nitrogens is 1. The molecule has 1 aliphatic heterocycles. The molecule has 0 spiro atoms. The highest BCUT2D eigenvalue weighted by Crippen LogP contribution is 2.25. The number of nitrogens with zero attached hydrogens (tertiary/aromatic N) is 1. The van der Waals surface area contributed by atoms with Gasteiger partial charge in [0.2, 0.25) is 0 Å². The summed E-state index contributed by atoms with van der Waals surface area (Å²) in [6.45, 7) is 0. The van der Waals surface area contributed by atoms with E-state index in [-0.39, 0.29) is 17.4 Å². The summed E-state index contributed by atoms with van der Waals surface area (Å²) in [5, 5.41) is 0. The van der Waals surface area contributed by atoms with Crippen LogP contribution in [0.2, 0.25) is 0 Å². The second-order valence-corrected chi connectivity index (χ2v) is 6.09. The van der Waals surface area contributed by atoms with Crippen molar-refractivity contribution in [2.45, 2.75) is 12.3 Å². The Labute approximate surface area is 87.3 Å². The summed E-state index contributed by atoms with van der Waals surface area (Å²) >= 11 is 4.95. The summed E-state index contributed by atoms with van der Waals surface area (Å²) in [6, 6.07) is 1.68. The van der Waals surface area contributed by atoms with E-state index in [1.165, 1.54) is 0 Å². The third kappa shape index (κ3) is 2.01. The van der Waals surface area contributed by atoms with Crippen molar-refractivity contribution in [3.63, 3.8) is 0 Å². The minimum absolute atomic E-state index is 0.0112. The summed E-state index contributed by atoms with van der Waals surface area (Å²) in [7, 11) is -2.85. The van der Waals surface area contributed by atoms with Crippen molar-refractivity contribution in [3.05, 3.63) is 22.7 Å². The third-order valence-corrected chi connectivity index (χ3v) is 4.32. The Morgan fingerprint density at radius 3 is 2.93 bits per heavy atom. The smallest absolute Gasteiger partial charge is 0.151 e. The fourth-order valence-corrected chi connectivity index (χ4v) is 3.52. The fourth-order valence-electron chi connectivity index (χ4n) is 1.60. The molecule has 0 aliphatic carbocycles. The van der Waals surface area contributed by atoms with Gasteiger partial charge in [0.1, 0.15) is 10.5 Å². The van der Waals surface area contributed by atoms with Crippen LogP contribution in [0.1, 0.15) is 18.2 Å². The van der Waals surface area contributed by atoms with Crippen molar-refractivity contribution in [1.82, 2.24) is 9.97 Å². The van der Waals surface area contributed by atoms with E-state index in [1.807, 2.05) is 0 Å². The monoisotopic (exact) mass is 230 g/mol. The van der Waals surface area contributed by atoms with Gasteiger partial charge in [-0.2, -0.15) is 0 Å². The Bertz CT molecular complexity index is 492. The molecule has 1 aliphatic rings. The van der Waals surface area contributed by atoms with Gasteiger partial charge in [0.25, 0.3) is 0 Å². The van der Waals surface area contributed by atoms with Gasteiger partial charge in [-0.15, -0.1) is 0 Å². The predicted molar refractivity (Wildman–Crippen MR) is 55.4 cm³/mol. The highest BCUT2D eigenvalue weighted by atomic mass is 32.2. The zero-order valence-corrected chi connectivity index (χ0v) is 9.07. The van der Waals surface area contributed by atoms with Gasteiger partial charge >= 0.3 is 0 Å². The summed E-state index contributed by atoms with van der Waals surface area (Å²) < 4.78 is 23.1. The summed E-state index contributed by atoms with van der Waals surface area (Å²) in [5.74, 6) is 1.13. The molecule has 1 N–H and O–H groups in total. The Kier molecular flexibility index (Phi) is 2.40. The fraction of sp³-hybridized carbons (Fsp3) is 0.500. The van der Waals surface area contributed by atoms with Crippen LogP contribution in [0, 0.1) is 4.64 Å². The van der Waals surface area contributed by atoms with Crippen LogP contribution in [0.5, 0.6) is 0 Å². The molecule has 1 saturated heterocycles. The number of rotatable bonds is 1. The molecule has 0 saturated carbocycles. The molecule has 1 aromatic rings. The van der Waals surface area contributed by atoms with Crippen LogP contribution in [0.15, 0.2) is 12.3 Å². The first-order valence-electron chi connectivity index (χ1n) is 4.32. The van der Waals surface area contributed by atoms with E-state index in [9.17, 15) is 8.42 Å². The molecule has 1 fully saturated rings. The Balaban J connectivity index is 2.30. The minimum Gasteiger partial charge on any atom is -0.335 e. The molecule has 0 amide bonds.